The van der Waals surface area contributed by atoms with E-state index >= 15 is 0 Å². The summed E-state index contributed by atoms with van der Waals surface area (Å²) in [5.41, 5.74) is 3.90. The summed E-state index contributed by atoms with van der Waals surface area (Å²) in [5, 5.41) is 3.38. The van der Waals surface area contributed by atoms with E-state index in [1.165, 1.54) is 25.0 Å². The van der Waals surface area contributed by atoms with E-state index in [1.54, 1.807) is 17.7 Å². The van der Waals surface area contributed by atoms with E-state index in [4.69, 9.17) is 0 Å². The molecule has 1 spiro atoms. The average molecular weight is 425 g/mol. The van der Waals surface area contributed by atoms with E-state index in [0.29, 0.717) is 12.0 Å². The lowest BCUT2D eigenvalue weighted by Gasteiger charge is -2.34. The van der Waals surface area contributed by atoms with Crippen molar-refractivity contribution in [3.63, 3.8) is 0 Å². The van der Waals surface area contributed by atoms with Gasteiger partial charge >= 0.3 is 6.36 Å². The van der Waals surface area contributed by atoms with Crippen molar-refractivity contribution < 1.29 is 22.4 Å². The molecule has 0 saturated carbocycles. The van der Waals surface area contributed by atoms with Crippen molar-refractivity contribution in [1.82, 2.24) is 10.9 Å². The minimum absolute atomic E-state index is 0.165. The Hall–Kier alpha value is -2.32. The van der Waals surface area contributed by atoms with Gasteiger partial charge in [0.2, 0.25) is 0 Å². The molecule has 2 aromatic rings. The fourth-order valence-corrected chi connectivity index (χ4v) is 4.05. The van der Waals surface area contributed by atoms with E-state index in [2.05, 4.69) is 15.0 Å². The highest BCUT2D eigenvalue weighted by atomic mass is 19.4. The molecule has 164 valence electrons. The molecule has 0 unspecified atom stereocenters. The van der Waals surface area contributed by atoms with Crippen molar-refractivity contribution in [2.45, 2.75) is 32.2 Å². The van der Waals surface area contributed by atoms with Gasteiger partial charge in [-0.25, -0.2) is 0 Å². The molecule has 2 aromatic carbocycles. The molecule has 0 bridgehead atoms. The van der Waals surface area contributed by atoms with E-state index in [9.17, 15) is 17.7 Å². The van der Waals surface area contributed by atoms with Gasteiger partial charge in [0.25, 0.3) is 0 Å². The summed E-state index contributed by atoms with van der Waals surface area (Å²) in [6.07, 6.45) is -1.11. The monoisotopic (exact) mass is 425 g/mol. The third-order valence-corrected chi connectivity index (χ3v) is 5.65. The van der Waals surface area contributed by atoms with Crippen molar-refractivity contribution in [3.8, 4) is 5.75 Å². The van der Waals surface area contributed by atoms with Crippen LogP contribution in [0.15, 0.2) is 54.6 Å². The molecule has 30 heavy (non-hydrogen) atoms. The fraction of sp³-hybridized carbons (Fsp3) is 0.455. The van der Waals surface area contributed by atoms with Gasteiger partial charge in [-0.2, -0.15) is 5.54 Å². The van der Waals surface area contributed by atoms with E-state index < -0.39 is 6.36 Å². The van der Waals surface area contributed by atoms with Gasteiger partial charge in [0.1, 0.15) is 5.75 Å². The number of alkyl halides is 3. The molecule has 8 heteroatoms. The molecule has 4 nitrogen and oxygen atoms in total. The molecule has 0 atom stereocenters. The van der Waals surface area contributed by atoms with Crippen LogP contribution in [-0.4, -0.2) is 32.5 Å². The second-order valence-corrected chi connectivity index (χ2v) is 7.76. The van der Waals surface area contributed by atoms with Gasteiger partial charge in [-0.05, 0) is 67.6 Å². The highest BCUT2D eigenvalue weighted by molar-refractivity contribution is 5.50. The molecule has 2 N–H and O–H groups in total. The van der Waals surface area contributed by atoms with Crippen LogP contribution < -0.4 is 20.5 Å². The van der Waals surface area contributed by atoms with Crippen LogP contribution >= 0.6 is 0 Å². The number of hydrogen-bond donors (Lipinski definition) is 2. The maximum atomic E-state index is 12.1. The Bertz CT molecular complexity index is 762. The number of hydrogen-bond acceptors (Lipinski definition) is 4. The smallest absolute Gasteiger partial charge is 0.406 e. The SMILES string of the molecule is FC(F)(F)Oc1ccc(N2CCC3(CCNCC3)C2)cc1.FNCc1ccccc1. The molecule has 2 aliphatic heterocycles. The van der Waals surface area contributed by atoms with E-state index in [0.717, 1.165) is 43.9 Å². The summed E-state index contributed by atoms with van der Waals surface area (Å²) >= 11 is 0. The molecule has 0 aromatic heterocycles. The van der Waals surface area contributed by atoms with Crippen molar-refractivity contribution in [1.29, 1.82) is 0 Å². The van der Waals surface area contributed by atoms with Gasteiger partial charge in [0, 0.05) is 18.8 Å². The van der Waals surface area contributed by atoms with Gasteiger partial charge in [-0.1, -0.05) is 30.3 Å². The summed E-state index contributed by atoms with van der Waals surface area (Å²) in [6.45, 7) is 4.38. The Kier molecular flexibility index (Phi) is 7.55. The van der Waals surface area contributed by atoms with Crippen LogP contribution in [0.4, 0.5) is 23.3 Å². The number of halogens is 4. The largest absolute Gasteiger partial charge is 0.573 e. The second-order valence-electron chi connectivity index (χ2n) is 7.76. The second kappa shape index (κ2) is 10.1. The highest BCUT2D eigenvalue weighted by Crippen LogP contribution is 2.40. The van der Waals surface area contributed by atoms with Crippen LogP contribution in [-0.2, 0) is 6.54 Å². The first-order valence-electron chi connectivity index (χ1n) is 10.1. The van der Waals surface area contributed by atoms with Crippen LogP contribution in [0, 0.1) is 5.41 Å². The number of rotatable bonds is 4. The maximum Gasteiger partial charge on any atom is 0.573 e. The molecule has 4 rings (SSSR count). The lowest BCUT2D eigenvalue weighted by molar-refractivity contribution is -0.274. The first kappa shape index (κ1) is 22.4. The number of nitrogens with zero attached hydrogens (tertiary/aromatic N) is 1. The Morgan fingerprint density at radius 1 is 0.967 bits per heavy atom. The Morgan fingerprint density at radius 3 is 2.23 bits per heavy atom. The zero-order valence-electron chi connectivity index (χ0n) is 16.7. The molecule has 0 aliphatic carbocycles. The zero-order valence-corrected chi connectivity index (χ0v) is 16.7. The van der Waals surface area contributed by atoms with Crippen LogP contribution in [0.5, 0.6) is 5.75 Å². The van der Waals surface area contributed by atoms with Gasteiger partial charge in [0.15, 0.2) is 0 Å². The summed E-state index contributed by atoms with van der Waals surface area (Å²) < 4.78 is 51.8. The number of anilines is 1. The van der Waals surface area contributed by atoms with Crippen LogP contribution in [0.25, 0.3) is 0 Å². The Balaban J connectivity index is 0.000000239. The number of benzene rings is 2. The standard InChI is InChI=1S/C15H19F3N2O.C7H8FN/c16-15(17,18)21-13-3-1-12(2-4-13)20-10-7-14(11-20)5-8-19-9-6-14;8-9-6-7-4-2-1-3-5-7/h1-4,19H,5-11H2;1-5,9H,6H2. The molecular weight excluding hydrogens is 398 g/mol. The Labute approximate surface area is 174 Å². The molecule has 2 aliphatic rings. The first-order chi connectivity index (χ1) is 14.4. The predicted molar refractivity (Wildman–Crippen MR) is 109 cm³/mol. The van der Waals surface area contributed by atoms with Gasteiger partial charge in [-0.15, -0.1) is 17.7 Å². The zero-order chi connectivity index (χ0) is 21.5. The minimum atomic E-state index is -4.63. The van der Waals surface area contributed by atoms with Gasteiger partial charge in [0.05, 0.1) is 6.54 Å². The van der Waals surface area contributed by atoms with Gasteiger partial charge < -0.3 is 15.0 Å². The molecular formula is C22H27F4N3O. The van der Waals surface area contributed by atoms with Crippen molar-refractivity contribution in [3.05, 3.63) is 60.2 Å². The average Bonchev–Trinajstić information content (AvgIpc) is 3.13. The normalized spacial score (nSPS) is 18.1. The number of nitrogens with one attached hydrogen (secondary N) is 2. The van der Waals surface area contributed by atoms with Crippen LogP contribution in [0.3, 0.4) is 0 Å². The maximum absolute atomic E-state index is 12.1. The van der Waals surface area contributed by atoms with E-state index in [1.807, 2.05) is 30.3 Å². The highest BCUT2D eigenvalue weighted by Gasteiger charge is 2.39. The lowest BCUT2D eigenvalue weighted by atomic mass is 9.78. The summed E-state index contributed by atoms with van der Waals surface area (Å²) in [6, 6.07) is 15.6. The molecule has 0 amide bonds. The van der Waals surface area contributed by atoms with Crippen molar-refractivity contribution >= 4 is 5.69 Å². The van der Waals surface area contributed by atoms with Crippen LogP contribution in [0.1, 0.15) is 24.8 Å². The van der Waals surface area contributed by atoms with Crippen LogP contribution in [0.2, 0.25) is 0 Å². The van der Waals surface area contributed by atoms with Crippen molar-refractivity contribution in [2.24, 2.45) is 5.41 Å². The van der Waals surface area contributed by atoms with Crippen molar-refractivity contribution in [2.75, 3.05) is 31.1 Å². The third kappa shape index (κ3) is 6.60. The number of piperidine rings is 1. The first-order valence-corrected chi connectivity index (χ1v) is 10.1. The van der Waals surface area contributed by atoms with Gasteiger partial charge in [-0.3, -0.25) is 0 Å². The Morgan fingerprint density at radius 2 is 1.63 bits per heavy atom. The summed E-state index contributed by atoms with van der Waals surface area (Å²) in [4.78, 5) is 2.27. The van der Waals surface area contributed by atoms with E-state index in [-0.39, 0.29) is 5.75 Å². The fourth-order valence-electron chi connectivity index (χ4n) is 4.05. The predicted octanol–water partition coefficient (Wildman–Crippen LogP) is 4.83. The summed E-state index contributed by atoms with van der Waals surface area (Å²) in [5.74, 6) is -0.165. The summed E-state index contributed by atoms with van der Waals surface area (Å²) in [7, 11) is 0. The molecule has 2 heterocycles. The topological polar surface area (TPSA) is 36.5 Å². The molecule has 2 fully saturated rings. The lowest BCUT2D eigenvalue weighted by Crippen LogP contribution is -2.38. The molecule has 2 saturated heterocycles. The quantitative estimate of drug-likeness (QED) is 0.544. The third-order valence-electron chi connectivity index (χ3n) is 5.65. The minimum Gasteiger partial charge on any atom is -0.406 e. The molecule has 0 radical (unpaired) electrons. The number of ether oxygens (including phenoxy) is 1.